The summed E-state index contributed by atoms with van der Waals surface area (Å²) in [4.78, 5) is 3.75. The van der Waals surface area contributed by atoms with E-state index in [0.29, 0.717) is 0 Å². The molecule has 0 unspecified atom stereocenters. The standard InChI is InChI=1S/C24H26N2/c1-16-10-11-17(2)23-22(16)21(9-5-6-14-25)24(26-23)20-13-12-18-7-3-4-8-19(18)15-20/h3-4,7-8,10-13,15,26H,5-6,9,14,25H2,1-2H3. The number of hydrogen-bond donors (Lipinski definition) is 2. The first kappa shape index (κ1) is 16.9. The minimum absolute atomic E-state index is 0.756. The number of benzene rings is 3. The van der Waals surface area contributed by atoms with Gasteiger partial charge in [-0.2, -0.15) is 0 Å². The highest BCUT2D eigenvalue weighted by atomic mass is 14.7. The first-order valence-corrected chi connectivity index (χ1v) is 9.49. The largest absolute Gasteiger partial charge is 0.354 e. The predicted molar refractivity (Wildman–Crippen MR) is 113 cm³/mol. The van der Waals surface area contributed by atoms with Crippen molar-refractivity contribution in [2.45, 2.75) is 33.1 Å². The molecule has 0 fully saturated rings. The number of H-pyrrole nitrogens is 1. The SMILES string of the molecule is Cc1ccc(C)c2c(CCCCN)c(-c3ccc4ccccc4c3)[nH]c12. The Labute approximate surface area is 155 Å². The summed E-state index contributed by atoms with van der Waals surface area (Å²) in [6.07, 6.45) is 3.25. The molecular weight excluding hydrogens is 316 g/mol. The third-order valence-corrected chi connectivity index (χ3v) is 5.39. The van der Waals surface area contributed by atoms with E-state index < -0.39 is 0 Å². The van der Waals surface area contributed by atoms with Gasteiger partial charge in [0.2, 0.25) is 0 Å². The van der Waals surface area contributed by atoms with Gasteiger partial charge in [0, 0.05) is 16.6 Å². The zero-order chi connectivity index (χ0) is 18.1. The predicted octanol–water partition coefficient (Wildman–Crippen LogP) is 5.89. The Morgan fingerprint density at radius 1 is 0.846 bits per heavy atom. The molecule has 0 aliphatic rings. The van der Waals surface area contributed by atoms with Crippen molar-refractivity contribution in [3.8, 4) is 11.3 Å². The van der Waals surface area contributed by atoms with Crippen molar-refractivity contribution in [1.29, 1.82) is 0 Å². The molecule has 2 heteroatoms. The molecule has 0 bridgehead atoms. The highest BCUT2D eigenvalue weighted by Gasteiger charge is 2.16. The molecule has 0 spiro atoms. The smallest absolute Gasteiger partial charge is 0.0497 e. The second-order valence-electron chi connectivity index (χ2n) is 7.24. The summed E-state index contributed by atoms with van der Waals surface area (Å²) in [5.41, 5.74) is 13.6. The first-order chi connectivity index (χ1) is 12.7. The van der Waals surface area contributed by atoms with E-state index in [0.717, 1.165) is 25.8 Å². The fourth-order valence-electron chi connectivity index (χ4n) is 3.97. The number of aryl methyl sites for hydroxylation is 3. The van der Waals surface area contributed by atoms with Crippen molar-refractivity contribution >= 4 is 21.7 Å². The molecule has 0 atom stereocenters. The van der Waals surface area contributed by atoms with Gasteiger partial charge in [-0.15, -0.1) is 0 Å². The summed E-state index contributed by atoms with van der Waals surface area (Å²) in [5, 5.41) is 3.96. The average molecular weight is 342 g/mol. The Morgan fingerprint density at radius 2 is 1.62 bits per heavy atom. The van der Waals surface area contributed by atoms with E-state index >= 15 is 0 Å². The van der Waals surface area contributed by atoms with Gasteiger partial charge in [0.15, 0.2) is 0 Å². The fourth-order valence-corrected chi connectivity index (χ4v) is 3.97. The van der Waals surface area contributed by atoms with Crippen molar-refractivity contribution in [3.63, 3.8) is 0 Å². The van der Waals surface area contributed by atoms with Crippen LogP contribution in [0.4, 0.5) is 0 Å². The summed E-state index contributed by atoms with van der Waals surface area (Å²) in [6.45, 7) is 5.16. The molecular formula is C24H26N2. The Morgan fingerprint density at radius 3 is 2.42 bits per heavy atom. The van der Waals surface area contributed by atoms with E-state index in [9.17, 15) is 0 Å². The number of nitrogens with two attached hydrogens (primary N) is 1. The van der Waals surface area contributed by atoms with Crippen LogP contribution in [0.3, 0.4) is 0 Å². The van der Waals surface area contributed by atoms with E-state index in [1.807, 2.05) is 0 Å². The second-order valence-corrected chi connectivity index (χ2v) is 7.24. The lowest BCUT2D eigenvalue weighted by atomic mass is 9.96. The lowest BCUT2D eigenvalue weighted by molar-refractivity contribution is 0.748. The van der Waals surface area contributed by atoms with Crippen molar-refractivity contribution < 1.29 is 0 Å². The molecule has 3 aromatic carbocycles. The lowest BCUT2D eigenvalue weighted by Gasteiger charge is -2.08. The topological polar surface area (TPSA) is 41.8 Å². The summed E-state index contributed by atoms with van der Waals surface area (Å²) in [7, 11) is 0. The maximum Gasteiger partial charge on any atom is 0.0497 e. The molecule has 0 radical (unpaired) electrons. The van der Waals surface area contributed by atoms with Crippen LogP contribution in [0.1, 0.15) is 29.5 Å². The first-order valence-electron chi connectivity index (χ1n) is 9.49. The molecule has 2 nitrogen and oxygen atoms in total. The molecule has 1 heterocycles. The van der Waals surface area contributed by atoms with E-state index in [4.69, 9.17) is 5.73 Å². The molecule has 0 saturated heterocycles. The highest BCUT2D eigenvalue weighted by Crippen LogP contribution is 2.36. The second kappa shape index (κ2) is 6.97. The van der Waals surface area contributed by atoms with Crippen LogP contribution in [0.5, 0.6) is 0 Å². The number of unbranched alkanes of at least 4 members (excludes halogenated alkanes) is 1. The van der Waals surface area contributed by atoms with Crippen LogP contribution >= 0.6 is 0 Å². The van der Waals surface area contributed by atoms with Crippen molar-refractivity contribution in [2.24, 2.45) is 5.73 Å². The van der Waals surface area contributed by atoms with Gasteiger partial charge in [0.1, 0.15) is 0 Å². The quantitative estimate of drug-likeness (QED) is 0.436. The number of nitrogens with one attached hydrogen (secondary N) is 1. The summed E-state index contributed by atoms with van der Waals surface area (Å²) >= 11 is 0. The van der Waals surface area contributed by atoms with E-state index in [-0.39, 0.29) is 0 Å². The molecule has 0 aliphatic carbocycles. The number of aromatic amines is 1. The molecule has 132 valence electrons. The highest BCUT2D eigenvalue weighted by molar-refractivity contribution is 5.96. The van der Waals surface area contributed by atoms with Crippen LogP contribution in [-0.4, -0.2) is 11.5 Å². The van der Waals surface area contributed by atoms with Crippen LogP contribution in [0.25, 0.3) is 32.9 Å². The summed E-state index contributed by atoms with van der Waals surface area (Å²) in [5.74, 6) is 0. The monoisotopic (exact) mass is 342 g/mol. The molecule has 4 rings (SSSR count). The van der Waals surface area contributed by atoms with Gasteiger partial charge in [0.05, 0.1) is 0 Å². The average Bonchev–Trinajstić information content (AvgIpc) is 3.05. The van der Waals surface area contributed by atoms with Gasteiger partial charge in [0.25, 0.3) is 0 Å². The molecule has 26 heavy (non-hydrogen) atoms. The van der Waals surface area contributed by atoms with Crippen molar-refractivity contribution in [2.75, 3.05) is 6.54 Å². The van der Waals surface area contributed by atoms with Gasteiger partial charge in [-0.3, -0.25) is 0 Å². The minimum Gasteiger partial charge on any atom is -0.354 e. The molecule has 3 N–H and O–H groups in total. The number of hydrogen-bond acceptors (Lipinski definition) is 1. The van der Waals surface area contributed by atoms with Gasteiger partial charge in [-0.25, -0.2) is 0 Å². The Kier molecular flexibility index (Phi) is 4.52. The normalized spacial score (nSPS) is 11.5. The summed E-state index contributed by atoms with van der Waals surface area (Å²) in [6, 6.07) is 19.8. The third-order valence-electron chi connectivity index (χ3n) is 5.39. The maximum absolute atomic E-state index is 5.74. The van der Waals surface area contributed by atoms with Gasteiger partial charge in [-0.05, 0) is 78.7 Å². The Hall–Kier alpha value is -2.58. The minimum atomic E-state index is 0.756. The lowest BCUT2D eigenvalue weighted by Crippen LogP contribution is -1.99. The van der Waals surface area contributed by atoms with E-state index in [2.05, 4.69) is 73.4 Å². The number of aromatic nitrogens is 1. The third kappa shape index (κ3) is 2.91. The number of rotatable bonds is 5. The van der Waals surface area contributed by atoms with E-state index in [1.165, 1.54) is 49.6 Å². The Bertz CT molecular complexity index is 1070. The van der Waals surface area contributed by atoms with Crippen LogP contribution < -0.4 is 5.73 Å². The summed E-state index contributed by atoms with van der Waals surface area (Å²) < 4.78 is 0. The maximum atomic E-state index is 5.74. The number of fused-ring (bicyclic) bond motifs is 2. The molecule has 0 amide bonds. The Balaban J connectivity index is 1.93. The van der Waals surface area contributed by atoms with Gasteiger partial charge < -0.3 is 10.7 Å². The van der Waals surface area contributed by atoms with Crippen molar-refractivity contribution in [3.05, 3.63) is 71.3 Å². The molecule has 0 aliphatic heterocycles. The fraction of sp³-hybridized carbons (Fsp3) is 0.250. The van der Waals surface area contributed by atoms with Crippen LogP contribution in [0.15, 0.2) is 54.6 Å². The van der Waals surface area contributed by atoms with Gasteiger partial charge >= 0.3 is 0 Å². The molecule has 1 aromatic heterocycles. The van der Waals surface area contributed by atoms with Crippen LogP contribution in [0, 0.1) is 13.8 Å². The molecule has 4 aromatic rings. The van der Waals surface area contributed by atoms with Gasteiger partial charge in [-0.1, -0.05) is 48.5 Å². The molecule has 0 saturated carbocycles. The van der Waals surface area contributed by atoms with Crippen LogP contribution in [0.2, 0.25) is 0 Å². The zero-order valence-corrected chi connectivity index (χ0v) is 15.6. The van der Waals surface area contributed by atoms with Crippen molar-refractivity contribution in [1.82, 2.24) is 4.98 Å². The van der Waals surface area contributed by atoms with E-state index in [1.54, 1.807) is 0 Å². The zero-order valence-electron chi connectivity index (χ0n) is 15.6. The van der Waals surface area contributed by atoms with Crippen LogP contribution in [-0.2, 0) is 6.42 Å².